The second-order valence-corrected chi connectivity index (χ2v) is 6.43. The van der Waals surface area contributed by atoms with E-state index in [9.17, 15) is 4.79 Å². The van der Waals surface area contributed by atoms with Gasteiger partial charge >= 0.3 is 0 Å². The van der Waals surface area contributed by atoms with Gasteiger partial charge in [-0.3, -0.25) is 4.79 Å². The van der Waals surface area contributed by atoms with Crippen LogP contribution < -0.4 is 0 Å². The van der Waals surface area contributed by atoms with Crippen LogP contribution in [0, 0.1) is 3.57 Å². The van der Waals surface area contributed by atoms with E-state index >= 15 is 0 Å². The maximum absolute atomic E-state index is 12.4. The summed E-state index contributed by atoms with van der Waals surface area (Å²) >= 11 is 2.26. The van der Waals surface area contributed by atoms with Crippen molar-refractivity contribution < 1.29 is 4.79 Å². The summed E-state index contributed by atoms with van der Waals surface area (Å²) in [6, 6.07) is 8.35. The number of likely N-dealkylation sites (tertiary alicyclic amines) is 1. The van der Waals surface area contributed by atoms with E-state index in [-0.39, 0.29) is 5.91 Å². The molecule has 19 heavy (non-hydrogen) atoms. The quantitative estimate of drug-likeness (QED) is 0.759. The molecule has 1 aliphatic rings. The van der Waals surface area contributed by atoms with Gasteiger partial charge in [0.05, 0.1) is 0 Å². The second-order valence-electron chi connectivity index (χ2n) is 5.18. The zero-order chi connectivity index (χ0) is 13.8. The third kappa shape index (κ3) is 3.69. The monoisotopic (exact) mass is 372 g/mol. The lowest BCUT2D eigenvalue weighted by atomic mass is 10.2. The number of amides is 1. The van der Waals surface area contributed by atoms with Crippen molar-refractivity contribution in [2.45, 2.75) is 25.8 Å². The van der Waals surface area contributed by atoms with E-state index in [4.69, 9.17) is 0 Å². The molecular weight excluding hydrogens is 351 g/mol. The second kappa shape index (κ2) is 6.70. The van der Waals surface area contributed by atoms with Crippen molar-refractivity contribution in [3.05, 3.63) is 33.4 Å². The molecule has 4 heteroatoms. The molecule has 1 amide bonds. The van der Waals surface area contributed by atoms with Crippen LogP contribution in [0.5, 0.6) is 0 Å². The van der Waals surface area contributed by atoms with Crippen LogP contribution in [-0.4, -0.2) is 48.4 Å². The first kappa shape index (κ1) is 14.8. The molecule has 0 aromatic heterocycles. The number of carbonyl (C=O) groups excluding carboxylic acids is 1. The van der Waals surface area contributed by atoms with Crippen LogP contribution in [0.15, 0.2) is 24.3 Å². The third-order valence-corrected chi connectivity index (χ3v) is 4.46. The number of hydrogen-bond acceptors (Lipinski definition) is 2. The maximum atomic E-state index is 12.4. The highest BCUT2D eigenvalue weighted by atomic mass is 127. The van der Waals surface area contributed by atoms with Crippen LogP contribution in [0.2, 0.25) is 0 Å². The minimum Gasteiger partial charge on any atom is -0.337 e. The summed E-state index contributed by atoms with van der Waals surface area (Å²) < 4.78 is 1.16. The van der Waals surface area contributed by atoms with Gasteiger partial charge in [0.2, 0.25) is 0 Å². The van der Waals surface area contributed by atoms with Crippen molar-refractivity contribution >= 4 is 28.5 Å². The maximum Gasteiger partial charge on any atom is 0.253 e. The molecule has 1 unspecified atom stereocenters. The highest BCUT2D eigenvalue weighted by Gasteiger charge is 2.28. The van der Waals surface area contributed by atoms with Gasteiger partial charge in [-0.1, -0.05) is 6.92 Å². The summed E-state index contributed by atoms with van der Waals surface area (Å²) in [6.07, 6.45) is 2.25. The lowest BCUT2D eigenvalue weighted by Crippen LogP contribution is -2.36. The van der Waals surface area contributed by atoms with Crippen LogP contribution in [0.1, 0.15) is 30.1 Å². The molecule has 1 fully saturated rings. The van der Waals surface area contributed by atoms with Gasteiger partial charge in [0, 0.05) is 28.3 Å². The highest BCUT2D eigenvalue weighted by Crippen LogP contribution is 2.18. The Hall–Kier alpha value is -0.620. The molecule has 2 rings (SSSR count). The van der Waals surface area contributed by atoms with E-state index in [0.717, 1.165) is 41.6 Å². The first-order chi connectivity index (χ1) is 9.11. The fourth-order valence-electron chi connectivity index (χ4n) is 2.60. The Morgan fingerprint density at radius 1 is 1.42 bits per heavy atom. The third-order valence-electron chi connectivity index (χ3n) is 3.74. The summed E-state index contributed by atoms with van der Waals surface area (Å²) in [7, 11) is 2.16. The largest absolute Gasteiger partial charge is 0.337 e. The van der Waals surface area contributed by atoms with Gasteiger partial charge in [0.25, 0.3) is 5.91 Å². The molecule has 0 N–H and O–H groups in total. The topological polar surface area (TPSA) is 23.6 Å². The summed E-state index contributed by atoms with van der Waals surface area (Å²) in [4.78, 5) is 16.8. The van der Waals surface area contributed by atoms with Crippen molar-refractivity contribution in [2.24, 2.45) is 0 Å². The molecule has 0 bridgehead atoms. The average Bonchev–Trinajstić information content (AvgIpc) is 2.89. The Balaban J connectivity index is 1.97. The number of likely N-dealkylation sites (N-methyl/N-ethyl adjacent to an activating group) is 1. The summed E-state index contributed by atoms with van der Waals surface area (Å²) in [5.74, 6) is 0.170. The molecule has 3 nitrogen and oxygen atoms in total. The molecule has 1 aromatic carbocycles. The minimum absolute atomic E-state index is 0.170. The fraction of sp³-hybridized carbons (Fsp3) is 0.533. The minimum atomic E-state index is 0.170. The summed E-state index contributed by atoms with van der Waals surface area (Å²) in [5.41, 5.74) is 0.805. The van der Waals surface area contributed by atoms with E-state index in [2.05, 4.69) is 41.5 Å². The summed E-state index contributed by atoms with van der Waals surface area (Å²) in [5, 5.41) is 0. The van der Waals surface area contributed by atoms with Gasteiger partial charge in [-0.05, 0) is 73.3 Å². The summed E-state index contributed by atoms with van der Waals surface area (Å²) in [6.45, 7) is 5.04. The van der Waals surface area contributed by atoms with Gasteiger partial charge in [-0.15, -0.1) is 0 Å². The SMILES string of the molecule is CCCN(C)C1CCN(C(=O)c2ccc(I)cc2)C1. The van der Waals surface area contributed by atoms with Crippen LogP contribution >= 0.6 is 22.6 Å². The predicted octanol–water partition coefficient (Wildman–Crippen LogP) is 2.85. The van der Waals surface area contributed by atoms with Crippen molar-refractivity contribution in [2.75, 3.05) is 26.7 Å². The van der Waals surface area contributed by atoms with Crippen LogP contribution in [0.3, 0.4) is 0 Å². The van der Waals surface area contributed by atoms with E-state index in [1.165, 1.54) is 0 Å². The van der Waals surface area contributed by atoms with E-state index < -0.39 is 0 Å². The molecule has 0 aliphatic carbocycles. The number of carbonyl (C=O) groups is 1. The molecule has 1 atom stereocenters. The lowest BCUT2D eigenvalue weighted by molar-refractivity contribution is 0.0780. The van der Waals surface area contributed by atoms with E-state index in [1.54, 1.807) is 0 Å². The highest BCUT2D eigenvalue weighted by molar-refractivity contribution is 14.1. The number of benzene rings is 1. The Bertz CT molecular complexity index is 432. The predicted molar refractivity (Wildman–Crippen MR) is 86.4 cm³/mol. The van der Waals surface area contributed by atoms with Gasteiger partial charge in [0.15, 0.2) is 0 Å². The van der Waals surface area contributed by atoms with Crippen LogP contribution in [0.4, 0.5) is 0 Å². The van der Waals surface area contributed by atoms with Crippen molar-refractivity contribution in [1.29, 1.82) is 0 Å². The molecule has 104 valence electrons. The van der Waals surface area contributed by atoms with E-state index in [0.29, 0.717) is 6.04 Å². The fourth-order valence-corrected chi connectivity index (χ4v) is 2.96. The van der Waals surface area contributed by atoms with Gasteiger partial charge in [-0.2, -0.15) is 0 Å². The van der Waals surface area contributed by atoms with Crippen LogP contribution in [-0.2, 0) is 0 Å². The smallest absolute Gasteiger partial charge is 0.253 e. The Morgan fingerprint density at radius 3 is 2.74 bits per heavy atom. The number of halogens is 1. The average molecular weight is 372 g/mol. The molecule has 1 heterocycles. The van der Waals surface area contributed by atoms with Gasteiger partial charge in [-0.25, -0.2) is 0 Å². The first-order valence-corrected chi connectivity index (χ1v) is 7.94. The van der Waals surface area contributed by atoms with Gasteiger partial charge < -0.3 is 9.80 Å². The van der Waals surface area contributed by atoms with Crippen molar-refractivity contribution in [1.82, 2.24) is 9.80 Å². The molecular formula is C15H21IN2O. The molecule has 0 spiro atoms. The van der Waals surface area contributed by atoms with Crippen molar-refractivity contribution in [3.8, 4) is 0 Å². The molecule has 0 saturated carbocycles. The standard InChI is InChI=1S/C15H21IN2O/c1-3-9-17(2)14-8-10-18(11-14)15(19)12-4-6-13(16)7-5-12/h4-7,14H,3,8-11H2,1-2H3. The molecule has 1 saturated heterocycles. The zero-order valence-electron chi connectivity index (χ0n) is 11.6. The molecule has 1 aromatic rings. The zero-order valence-corrected chi connectivity index (χ0v) is 13.8. The van der Waals surface area contributed by atoms with Crippen molar-refractivity contribution in [3.63, 3.8) is 0 Å². The number of nitrogens with zero attached hydrogens (tertiary/aromatic N) is 2. The molecule has 0 radical (unpaired) electrons. The van der Waals surface area contributed by atoms with E-state index in [1.807, 2.05) is 29.2 Å². The Morgan fingerprint density at radius 2 is 2.11 bits per heavy atom. The number of hydrogen-bond donors (Lipinski definition) is 0. The Labute approximate surface area is 129 Å². The Kier molecular flexibility index (Phi) is 5.21. The molecule has 1 aliphatic heterocycles. The van der Waals surface area contributed by atoms with Gasteiger partial charge in [0.1, 0.15) is 0 Å². The number of rotatable bonds is 4. The van der Waals surface area contributed by atoms with Crippen LogP contribution in [0.25, 0.3) is 0 Å². The lowest BCUT2D eigenvalue weighted by Gasteiger charge is -2.24. The first-order valence-electron chi connectivity index (χ1n) is 6.87. The normalized spacial score (nSPS) is 19.2.